The number of nitrogens with one attached hydrogen (secondary N) is 1. The van der Waals surface area contributed by atoms with Gasteiger partial charge in [0.15, 0.2) is 0 Å². The minimum Gasteiger partial charge on any atom is -0.464 e. The van der Waals surface area contributed by atoms with Gasteiger partial charge in [-0.2, -0.15) is 0 Å². The van der Waals surface area contributed by atoms with Crippen molar-refractivity contribution in [1.82, 2.24) is 10.2 Å². The predicted molar refractivity (Wildman–Crippen MR) is 60.1 cm³/mol. The maximum atomic E-state index is 11.8. The Morgan fingerprint density at radius 3 is 2.71 bits per heavy atom. The topological polar surface area (TPSA) is 75.7 Å². The van der Waals surface area contributed by atoms with Gasteiger partial charge in [-0.15, -0.1) is 0 Å². The largest absolute Gasteiger partial charge is 0.464 e. The second-order valence-corrected chi connectivity index (χ2v) is 3.91. The molecule has 0 saturated carbocycles. The van der Waals surface area contributed by atoms with Crippen molar-refractivity contribution < 1.29 is 19.1 Å². The molecule has 0 spiro atoms. The molecule has 6 heteroatoms. The van der Waals surface area contributed by atoms with E-state index in [2.05, 4.69) is 5.32 Å². The van der Waals surface area contributed by atoms with Gasteiger partial charge in [-0.1, -0.05) is 0 Å². The molecule has 0 unspecified atom stereocenters. The van der Waals surface area contributed by atoms with Crippen LogP contribution in [0.2, 0.25) is 0 Å². The summed E-state index contributed by atoms with van der Waals surface area (Å²) in [5.41, 5.74) is 0. The number of hydrogen-bond donors (Lipinski definition) is 1. The average molecular weight is 242 g/mol. The molecule has 0 radical (unpaired) electrons. The van der Waals surface area contributed by atoms with Crippen LogP contribution in [0, 0.1) is 0 Å². The highest BCUT2D eigenvalue weighted by Crippen LogP contribution is 2.18. The van der Waals surface area contributed by atoms with E-state index in [1.807, 2.05) is 0 Å². The van der Waals surface area contributed by atoms with Gasteiger partial charge in [0.05, 0.1) is 13.2 Å². The molecule has 0 bridgehead atoms. The van der Waals surface area contributed by atoms with Crippen LogP contribution in [0.5, 0.6) is 0 Å². The molecule has 0 aromatic heterocycles. The molecule has 1 atom stereocenters. The van der Waals surface area contributed by atoms with E-state index in [4.69, 9.17) is 4.74 Å². The Hall–Kier alpha value is -1.59. The van der Waals surface area contributed by atoms with E-state index in [-0.39, 0.29) is 24.3 Å². The molecule has 1 fully saturated rings. The smallest absolute Gasteiger partial charge is 0.328 e. The Morgan fingerprint density at radius 1 is 1.41 bits per heavy atom. The Morgan fingerprint density at radius 2 is 2.12 bits per heavy atom. The fraction of sp³-hybridized carbons (Fsp3) is 0.727. The number of ether oxygens (including phenoxy) is 1. The van der Waals surface area contributed by atoms with Crippen molar-refractivity contribution in [1.29, 1.82) is 0 Å². The molecule has 6 nitrogen and oxygen atoms in total. The van der Waals surface area contributed by atoms with Crippen LogP contribution in [-0.2, 0) is 19.1 Å². The number of carbonyl (C=O) groups excluding carboxylic acids is 3. The number of nitrogens with zero attached hydrogens (tertiary/aromatic N) is 1. The van der Waals surface area contributed by atoms with Crippen LogP contribution in [0.1, 0.15) is 26.7 Å². The summed E-state index contributed by atoms with van der Waals surface area (Å²) in [6.07, 6.45) is 1.42. The molecular weight excluding hydrogens is 224 g/mol. The normalized spacial score (nSPS) is 18.9. The standard InChI is InChI=1S/C11H18N2O4/c1-3-17-11(16)9-5-4-6-13(9)10(15)7-12-8(2)14/h9H,3-7H2,1-2H3,(H,12,14)/t9-/m0/s1. The molecule has 1 heterocycles. The van der Waals surface area contributed by atoms with Gasteiger partial charge in [0.25, 0.3) is 0 Å². The quantitative estimate of drug-likeness (QED) is 0.685. The minimum absolute atomic E-state index is 0.0642. The maximum absolute atomic E-state index is 11.8. The second kappa shape index (κ2) is 6.22. The second-order valence-electron chi connectivity index (χ2n) is 3.91. The fourth-order valence-corrected chi connectivity index (χ4v) is 1.85. The van der Waals surface area contributed by atoms with Crippen molar-refractivity contribution in [2.75, 3.05) is 19.7 Å². The highest BCUT2D eigenvalue weighted by atomic mass is 16.5. The van der Waals surface area contributed by atoms with Crippen molar-refractivity contribution in [3.05, 3.63) is 0 Å². The molecule has 2 amide bonds. The van der Waals surface area contributed by atoms with Crippen LogP contribution in [-0.4, -0.2) is 48.4 Å². The van der Waals surface area contributed by atoms with Gasteiger partial charge in [0.2, 0.25) is 11.8 Å². The van der Waals surface area contributed by atoms with Crippen LogP contribution in [0.3, 0.4) is 0 Å². The van der Waals surface area contributed by atoms with Crippen molar-refractivity contribution in [2.45, 2.75) is 32.7 Å². The molecule has 96 valence electrons. The molecule has 0 aliphatic carbocycles. The summed E-state index contributed by atoms with van der Waals surface area (Å²) in [5.74, 6) is -0.859. The van der Waals surface area contributed by atoms with Gasteiger partial charge in [0, 0.05) is 13.5 Å². The summed E-state index contributed by atoms with van der Waals surface area (Å²) in [6.45, 7) is 3.87. The van der Waals surface area contributed by atoms with Gasteiger partial charge in [0.1, 0.15) is 6.04 Å². The lowest BCUT2D eigenvalue weighted by molar-refractivity contribution is -0.152. The molecule has 1 aliphatic rings. The van der Waals surface area contributed by atoms with E-state index >= 15 is 0 Å². The van der Waals surface area contributed by atoms with E-state index in [1.165, 1.54) is 11.8 Å². The van der Waals surface area contributed by atoms with Gasteiger partial charge >= 0.3 is 5.97 Å². The van der Waals surface area contributed by atoms with E-state index < -0.39 is 6.04 Å². The van der Waals surface area contributed by atoms with E-state index in [0.29, 0.717) is 19.6 Å². The van der Waals surface area contributed by atoms with Gasteiger partial charge in [-0.05, 0) is 19.8 Å². The summed E-state index contributed by atoms with van der Waals surface area (Å²) in [5, 5.41) is 2.43. The first kappa shape index (κ1) is 13.5. The summed E-state index contributed by atoms with van der Waals surface area (Å²) >= 11 is 0. The third-order valence-corrected chi connectivity index (χ3v) is 2.62. The lowest BCUT2D eigenvalue weighted by Gasteiger charge is -2.23. The summed E-state index contributed by atoms with van der Waals surface area (Å²) in [6, 6.07) is -0.490. The number of carbonyl (C=O) groups is 3. The minimum atomic E-state index is -0.490. The van der Waals surface area contributed by atoms with Gasteiger partial charge in [-0.25, -0.2) is 4.79 Å². The lowest BCUT2D eigenvalue weighted by Crippen LogP contribution is -2.45. The molecule has 1 rings (SSSR count). The number of esters is 1. The van der Waals surface area contributed by atoms with Crippen molar-refractivity contribution in [3.8, 4) is 0 Å². The first-order chi connectivity index (χ1) is 8.06. The molecule has 0 aromatic carbocycles. The highest BCUT2D eigenvalue weighted by Gasteiger charge is 2.34. The monoisotopic (exact) mass is 242 g/mol. The number of rotatable bonds is 4. The fourth-order valence-electron chi connectivity index (χ4n) is 1.85. The first-order valence-corrected chi connectivity index (χ1v) is 5.76. The average Bonchev–Trinajstić information content (AvgIpc) is 2.75. The molecule has 17 heavy (non-hydrogen) atoms. The van der Waals surface area contributed by atoms with Crippen LogP contribution in [0.4, 0.5) is 0 Å². The van der Waals surface area contributed by atoms with Crippen LogP contribution < -0.4 is 5.32 Å². The molecule has 1 saturated heterocycles. The van der Waals surface area contributed by atoms with Crippen molar-refractivity contribution >= 4 is 17.8 Å². The summed E-state index contributed by atoms with van der Waals surface area (Å²) in [4.78, 5) is 35.6. The first-order valence-electron chi connectivity index (χ1n) is 5.76. The van der Waals surface area contributed by atoms with E-state index in [9.17, 15) is 14.4 Å². The molecule has 0 aromatic rings. The van der Waals surface area contributed by atoms with Crippen molar-refractivity contribution in [2.24, 2.45) is 0 Å². The third kappa shape index (κ3) is 3.72. The Kier molecular flexibility index (Phi) is 4.93. The van der Waals surface area contributed by atoms with E-state index in [1.54, 1.807) is 6.92 Å². The maximum Gasteiger partial charge on any atom is 0.328 e. The Labute approximate surface area is 100 Å². The highest BCUT2D eigenvalue weighted by molar-refractivity contribution is 5.88. The SMILES string of the molecule is CCOC(=O)[C@@H]1CCCN1C(=O)CNC(C)=O. The molecular formula is C11H18N2O4. The Balaban J connectivity index is 2.53. The summed E-state index contributed by atoms with van der Waals surface area (Å²) in [7, 11) is 0. The zero-order chi connectivity index (χ0) is 12.8. The summed E-state index contributed by atoms with van der Waals surface area (Å²) < 4.78 is 4.91. The van der Waals surface area contributed by atoms with Crippen LogP contribution in [0.15, 0.2) is 0 Å². The van der Waals surface area contributed by atoms with Gasteiger partial charge < -0.3 is 15.0 Å². The number of hydrogen-bond acceptors (Lipinski definition) is 4. The van der Waals surface area contributed by atoms with Gasteiger partial charge in [-0.3, -0.25) is 9.59 Å². The van der Waals surface area contributed by atoms with Crippen molar-refractivity contribution in [3.63, 3.8) is 0 Å². The predicted octanol–water partition coefficient (Wildman–Crippen LogP) is -0.323. The zero-order valence-electron chi connectivity index (χ0n) is 10.2. The number of amides is 2. The van der Waals surface area contributed by atoms with Crippen LogP contribution in [0.25, 0.3) is 0 Å². The lowest BCUT2D eigenvalue weighted by atomic mass is 10.2. The van der Waals surface area contributed by atoms with Crippen LogP contribution >= 0.6 is 0 Å². The third-order valence-electron chi connectivity index (χ3n) is 2.62. The molecule has 1 aliphatic heterocycles. The zero-order valence-corrected chi connectivity index (χ0v) is 10.2. The van der Waals surface area contributed by atoms with E-state index in [0.717, 1.165) is 6.42 Å². The Bertz CT molecular complexity index is 317. The molecule has 1 N–H and O–H groups in total. The number of likely N-dealkylation sites (tertiary alicyclic amines) is 1.